The first-order chi connectivity index (χ1) is 16.7. The van der Waals surface area contributed by atoms with Crippen molar-refractivity contribution in [3.63, 3.8) is 0 Å². The summed E-state index contributed by atoms with van der Waals surface area (Å²) < 4.78 is 11.2. The fourth-order valence-electron chi connectivity index (χ4n) is 3.62. The molecule has 1 aliphatic heterocycles. The van der Waals surface area contributed by atoms with Gasteiger partial charge < -0.3 is 14.5 Å². The van der Waals surface area contributed by atoms with E-state index in [0.29, 0.717) is 5.52 Å². The minimum Gasteiger partial charge on any atom is -0.456 e. The van der Waals surface area contributed by atoms with Gasteiger partial charge in [0, 0.05) is 31.8 Å². The summed E-state index contributed by atoms with van der Waals surface area (Å²) in [7, 11) is 1.36. The smallest absolute Gasteiger partial charge is 0.419 e. The third kappa shape index (κ3) is 4.64. The van der Waals surface area contributed by atoms with Gasteiger partial charge in [-0.2, -0.15) is 0 Å². The second kappa shape index (κ2) is 9.21. The molecule has 3 aromatic rings. The Morgan fingerprint density at radius 3 is 2.57 bits per heavy atom. The lowest BCUT2D eigenvalue weighted by Gasteiger charge is -2.08. The molecule has 1 N–H and O–H groups in total. The van der Waals surface area contributed by atoms with Crippen molar-refractivity contribution in [1.29, 1.82) is 0 Å². The number of non-ortho nitro benzene ring substituents is 1. The molecule has 3 amide bonds. The van der Waals surface area contributed by atoms with Crippen molar-refractivity contribution in [1.82, 2.24) is 9.47 Å². The van der Waals surface area contributed by atoms with Crippen molar-refractivity contribution >= 4 is 46.2 Å². The molecule has 13 nitrogen and oxygen atoms in total. The SMILES string of the molecule is CN1C(=O)c2ccc(NC(=O)COC(=O)CCCn3c(=O)oc4cc([N+](=O)[O-])ccc43)cc2C1=O. The van der Waals surface area contributed by atoms with Gasteiger partial charge in [-0.15, -0.1) is 0 Å². The van der Waals surface area contributed by atoms with Gasteiger partial charge in [0.15, 0.2) is 12.2 Å². The molecule has 2 aromatic carbocycles. The number of carbonyl (C=O) groups is 4. The summed E-state index contributed by atoms with van der Waals surface area (Å²) in [6, 6.07) is 8.05. The summed E-state index contributed by atoms with van der Waals surface area (Å²) in [6.45, 7) is -0.470. The largest absolute Gasteiger partial charge is 0.456 e. The molecule has 180 valence electrons. The molecule has 0 radical (unpaired) electrons. The Balaban J connectivity index is 1.27. The van der Waals surface area contributed by atoms with Crippen LogP contribution in [0.2, 0.25) is 0 Å². The molecule has 0 unspecified atom stereocenters. The van der Waals surface area contributed by atoms with Gasteiger partial charge >= 0.3 is 11.7 Å². The maximum atomic E-state index is 12.1. The lowest BCUT2D eigenvalue weighted by atomic mass is 10.1. The summed E-state index contributed by atoms with van der Waals surface area (Å²) >= 11 is 0. The van der Waals surface area contributed by atoms with Crippen molar-refractivity contribution in [2.75, 3.05) is 19.0 Å². The molecular formula is C22H18N4O9. The Bertz CT molecular complexity index is 1450. The number of aryl methyl sites for hydroxylation is 1. The first-order valence-corrected chi connectivity index (χ1v) is 10.4. The second-order valence-electron chi connectivity index (χ2n) is 7.67. The fourth-order valence-corrected chi connectivity index (χ4v) is 3.62. The highest BCUT2D eigenvalue weighted by Crippen LogP contribution is 2.25. The summed E-state index contributed by atoms with van der Waals surface area (Å²) in [4.78, 5) is 71.3. The number of benzene rings is 2. The van der Waals surface area contributed by atoms with E-state index in [1.54, 1.807) is 0 Å². The molecule has 0 saturated heterocycles. The number of imide groups is 1. The predicted octanol–water partition coefficient (Wildman–Crippen LogP) is 1.69. The van der Waals surface area contributed by atoms with E-state index in [0.717, 1.165) is 11.0 Å². The van der Waals surface area contributed by atoms with Crippen LogP contribution in [0.25, 0.3) is 11.1 Å². The molecule has 13 heteroatoms. The molecule has 0 atom stereocenters. The van der Waals surface area contributed by atoms with E-state index in [1.807, 2.05) is 0 Å². The zero-order valence-corrected chi connectivity index (χ0v) is 18.3. The molecule has 0 bridgehead atoms. The van der Waals surface area contributed by atoms with Gasteiger partial charge in [0.25, 0.3) is 23.4 Å². The van der Waals surface area contributed by atoms with Crippen LogP contribution in [0, 0.1) is 10.1 Å². The number of aromatic nitrogens is 1. The first-order valence-electron chi connectivity index (χ1n) is 10.4. The van der Waals surface area contributed by atoms with E-state index >= 15 is 0 Å². The van der Waals surface area contributed by atoms with Gasteiger partial charge in [-0.1, -0.05) is 0 Å². The number of carbonyl (C=O) groups excluding carboxylic acids is 4. The third-order valence-corrected chi connectivity index (χ3v) is 5.36. The number of oxazole rings is 1. The first kappa shape index (κ1) is 23.4. The van der Waals surface area contributed by atoms with Gasteiger partial charge in [0.1, 0.15) is 0 Å². The van der Waals surface area contributed by atoms with Crippen LogP contribution in [0.15, 0.2) is 45.6 Å². The van der Waals surface area contributed by atoms with Crippen LogP contribution in [0.1, 0.15) is 33.6 Å². The monoisotopic (exact) mass is 482 g/mol. The number of nitrogens with zero attached hydrogens (tertiary/aromatic N) is 3. The Labute approximate surface area is 196 Å². The van der Waals surface area contributed by atoms with E-state index < -0.39 is 41.0 Å². The third-order valence-electron chi connectivity index (χ3n) is 5.36. The van der Waals surface area contributed by atoms with Crippen molar-refractivity contribution in [3.8, 4) is 0 Å². The van der Waals surface area contributed by atoms with Gasteiger partial charge in [0.2, 0.25) is 0 Å². The number of fused-ring (bicyclic) bond motifs is 2. The van der Waals surface area contributed by atoms with Crippen molar-refractivity contribution < 1.29 is 33.3 Å². The Morgan fingerprint density at radius 2 is 1.83 bits per heavy atom. The second-order valence-corrected chi connectivity index (χ2v) is 7.67. The summed E-state index contributed by atoms with van der Waals surface area (Å²) in [5, 5.41) is 13.3. The normalized spacial score (nSPS) is 12.7. The molecule has 0 fully saturated rings. The zero-order valence-electron chi connectivity index (χ0n) is 18.3. The molecule has 0 spiro atoms. The van der Waals surface area contributed by atoms with Crippen LogP contribution in [-0.2, 0) is 20.9 Å². The maximum absolute atomic E-state index is 12.1. The van der Waals surface area contributed by atoms with E-state index in [1.165, 1.54) is 41.9 Å². The van der Waals surface area contributed by atoms with E-state index in [2.05, 4.69) is 5.32 Å². The van der Waals surface area contributed by atoms with Gasteiger partial charge in [0.05, 0.1) is 27.6 Å². The van der Waals surface area contributed by atoms with Crippen LogP contribution in [0.3, 0.4) is 0 Å². The summed E-state index contributed by atoms with van der Waals surface area (Å²) in [5.74, 6) is -2.93. The molecule has 35 heavy (non-hydrogen) atoms. The fraction of sp³-hybridized carbons (Fsp3) is 0.227. The van der Waals surface area contributed by atoms with E-state index in [4.69, 9.17) is 9.15 Å². The lowest BCUT2D eigenvalue weighted by molar-refractivity contribution is -0.384. The summed E-state index contributed by atoms with van der Waals surface area (Å²) in [6.07, 6.45) is 0.0988. The van der Waals surface area contributed by atoms with Gasteiger partial charge in [-0.05, 0) is 30.7 Å². The van der Waals surface area contributed by atoms with Crippen molar-refractivity contribution in [2.45, 2.75) is 19.4 Å². The summed E-state index contributed by atoms with van der Waals surface area (Å²) in [5.41, 5.74) is 0.885. The number of hydrogen-bond acceptors (Lipinski definition) is 9. The van der Waals surface area contributed by atoms with E-state index in [9.17, 15) is 34.1 Å². The van der Waals surface area contributed by atoms with Crippen LogP contribution in [-0.4, -0.2) is 51.7 Å². The highest BCUT2D eigenvalue weighted by atomic mass is 16.6. The van der Waals surface area contributed by atoms with Crippen LogP contribution >= 0.6 is 0 Å². The molecule has 2 heterocycles. The van der Waals surface area contributed by atoms with Crippen molar-refractivity contribution in [3.05, 3.63) is 68.2 Å². The number of anilines is 1. The number of amides is 3. The topological polar surface area (TPSA) is 171 Å². The number of nitro benzene ring substituents is 1. The number of nitro groups is 1. The highest BCUT2D eigenvalue weighted by Gasteiger charge is 2.32. The number of esters is 1. The minimum atomic E-state index is -0.714. The highest BCUT2D eigenvalue weighted by molar-refractivity contribution is 6.21. The lowest BCUT2D eigenvalue weighted by Crippen LogP contribution is -2.24. The average molecular weight is 482 g/mol. The van der Waals surface area contributed by atoms with Gasteiger partial charge in [-0.25, -0.2) is 4.79 Å². The molecule has 1 aromatic heterocycles. The average Bonchev–Trinajstić information content (AvgIpc) is 3.25. The standard InChI is InChI=1S/C22H18N4O9/c1-24-20(29)14-6-4-12(9-15(14)21(24)30)23-18(27)11-34-19(28)3-2-8-25-16-7-5-13(26(32)33)10-17(16)35-22(25)31/h4-7,9-10H,2-3,8,11H2,1H3,(H,23,27). The number of hydrogen-bond donors (Lipinski definition) is 1. The maximum Gasteiger partial charge on any atom is 0.419 e. The number of nitrogens with one attached hydrogen (secondary N) is 1. The minimum absolute atomic E-state index is 0.0627. The molecule has 1 aliphatic rings. The zero-order chi connectivity index (χ0) is 25.3. The van der Waals surface area contributed by atoms with E-state index in [-0.39, 0.29) is 47.5 Å². The van der Waals surface area contributed by atoms with Crippen LogP contribution in [0.4, 0.5) is 11.4 Å². The van der Waals surface area contributed by atoms with Crippen molar-refractivity contribution in [2.24, 2.45) is 0 Å². The Hall–Kier alpha value is -4.81. The Kier molecular flexibility index (Phi) is 6.14. The quantitative estimate of drug-likeness (QED) is 0.217. The van der Waals surface area contributed by atoms with Crippen LogP contribution in [0.5, 0.6) is 0 Å². The molecule has 4 rings (SSSR count). The molecular weight excluding hydrogens is 464 g/mol. The predicted molar refractivity (Wildman–Crippen MR) is 119 cm³/mol. The van der Waals surface area contributed by atoms with Gasteiger partial charge in [-0.3, -0.25) is 38.8 Å². The number of ether oxygens (including phenoxy) is 1. The molecule has 0 aliphatic carbocycles. The number of rotatable bonds is 8. The Morgan fingerprint density at radius 1 is 1.09 bits per heavy atom. The van der Waals surface area contributed by atoms with Crippen LogP contribution < -0.4 is 11.1 Å². The molecule has 0 saturated carbocycles.